The Morgan fingerprint density at radius 3 is 1.27 bits per heavy atom. The average Bonchev–Trinajstić information content (AvgIpc) is 1.87. The lowest BCUT2D eigenvalue weighted by atomic mass is 9.86. The predicted octanol–water partition coefficient (Wildman–Crippen LogP) is 29.1. The van der Waals surface area contributed by atoms with Crippen LogP contribution in [-0.4, -0.2) is 42.4 Å². The van der Waals surface area contributed by atoms with Crippen LogP contribution in [0.2, 0.25) is 0 Å². The van der Waals surface area contributed by atoms with E-state index in [1.807, 2.05) is 33.8 Å². The van der Waals surface area contributed by atoms with Crippen LogP contribution in [0.5, 0.6) is 0 Å². The monoisotopic (exact) mass is 1360 g/mol. The summed E-state index contributed by atoms with van der Waals surface area (Å²) in [5, 5.41) is 0. The van der Waals surface area contributed by atoms with Crippen molar-refractivity contribution in [1.82, 2.24) is 0 Å². The van der Waals surface area contributed by atoms with E-state index in [-0.39, 0.29) is 30.1 Å². The van der Waals surface area contributed by atoms with E-state index in [9.17, 15) is 19.2 Å². The number of ether oxygens (including phenoxy) is 2. The first-order valence-electron chi connectivity index (χ1n) is 40.7. The molecular weight excluding hydrogens is 1200 g/mol. The van der Waals surface area contributed by atoms with Gasteiger partial charge in [0, 0.05) is 30.6 Å². The Balaban J connectivity index is -0.000000598. The zero-order valence-electron chi connectivity index (χ0n) is 65.7. The first-order valence-corrected chi connectivity index (χ1v) is 41.1. The highest BCUT2D eigenvalue weighted by molar-refractivity contribution is 7.80. The van der Waals surface area contributed by atoms with Crippen molar-refractivity contribution in [2.24, 2.45) is 29.6 Å². The molecule has 0 aromatic carbocycles. The zero-order chi connectivity index (χ0) is 72.0. The fourth-order valence-corrected chi connectivity index (χ4v) is 10.6. The highest BCUT2D eigenvalue weighted by Gasteiger charge is 2.28. The van der Waals surface area contributed by atoms with E-state index >= 15 is 0 Å². The van der Waals surface area contributed by atoms with Crippen LogP contribution in [0.25, 0.3) is 0 Å². The normalized spacial score (nSPS) is 14.4. The van der Waals surface area contributed by atoms with E-state index in [2.05, 4.69) is 128 Å². The first-order chi connectivity index (χ1) is 46.8. The maximum Gasteiger partial charge on any atom is 0.306 e. The van der Waals surface area contributed by atoms with Gasteiger partial charge >= 0.3 is 5.97 Å². The maximum absolute atomic E-state index is 11.6. The summed E-state index contributed by atoms with van der Waals surface area (Å²) in [6.45, 7) is 31.3. The Bertz CT molecular complexity index is 1890. The van der Waals surface area contributed by atoms with Crippen LogP contribution in [0.4, 0.5) is 0 Å². The van der Waals surface area contributed by atoms with Crippen molar-refractivity contribution in [2.75, 3.05) is 7.11 Å². The number of esters is 1. The number of unbranched alkanes of at least 4 members (excludes halogenated alkanes) is 24. The number of aldehydes is 2. The molecule has 3 fully saturated rings. The number of hydrogen-bond donors (Lipinski definition) is 0. The Labute approximate surface area is 604 Å². The molecule has 3 saturated carbocycles. The number of ketones is 1. The molecular formula is C89H160O6S. The van der Waals surface area contributed by atoms with E-state index in [1.165, 1.54) is 213 Å². The summed E-state index contributed by atoms with van der Waals surface area (Å²) in [5.74, 6) is 1.68. The lowest BCUT2D eigenvalue weighted by molar-refractivity contribution is -0.143. The van der Waals surface area contributed by atoms with Crippen molar-refractivity contribution in [3.63, 3.8) is 0 Å². The summed E-state index contributed by atoms with van der Waals surface area (Å²) in [5.41, 5.74) is 1.07. The summed E-state index contributed by atoms with van der Waals surface area (Å²) in [7, 11) is 1.36. The molecule has 6 nitrogen and oxygen atoms in total. The van der Waals surface area contributed by atoms with Crippen LogP contribution < -0.4 is 0 Å². The van der Waals surface area contributed by atoms with Gasteiger partial charge in [-0.25, -0.2) is 0 Å². The van der Waals surface area contributed by atoms with Crippen LogP contribution in [-0.2, 0) is 28.7 Å². The summed E-state index contributed by atoms with van der Waals surface area (Å²) >= 11 is 5.10. The lowest BCUT2D eigenvalue weighted by Crippen LogP contribution is -2.19. The van der Waals surface area contributed by atoms with Crippen molar-refractivity contribution in [3.8, 4) is 0 Å². The van der Waals surface area contributed by atoms with Crippen LogP contribution in [0, 0.1) is 29.6 Å². The van der Waals surface area contributed by atoms with Gasteiger partial charge in [0.05, 0.1) is 25.4 Å². The second-order valence-electron chi connectivity index (χ2n) is 27.4. The molecule has 0 aliphatic heterocycles. The summed E-state index contributed by atoms with van der Waals surface area (Å²) in [6.07, 6.45) is 89.7. The van der Waals surface area contributed by atoms with E-state index in [4.69, 9.17) is 21.7 Å². The molecule has 0 heterocycles. The SMILES string of the molecule is C1CCC1.C1CCC1.C=C(C)CC(C=O)C(/C=C/C=C\C/C=C\CCCCCCCC(C)=S)CC.C=C(CCCCCC/C=C/CCCCCCCCC)OC(CC)CC.CC.CCCC.CCCCCC(/C=C/C=C\CCCCCCCC(=O)C1CC1)C(C=O)CC(=O)OC. The number of rotatable bonds is 56. The van der Waals surface area contributed by atoms with Gasteiger partial charge in [-0.2, -0.15) is 0 Å². The molecule has 7 heteroatoms. The minimum atomic E-state index is -0.326. The van der Waals surface area contributed by atoms with Crippen LogP contribution in [0.15, 0.2) is 97.4 Å². The predicted molar refractivity (Wildman–Crippen MR) is 430 cm³/mol. The molecule has 96 heavy (non-hydrogen) atoms. The van der Waals surface area contributed by atoms with E-state index in [0.29, 0.717) is 23.7 Å². The Kier molecular flexibility index (Phi) is 84.2. The van der Waals surface area contributed by atoms with Crippen LogP contribution in [0.1, 0.15) is 397 Å². The smallest absolute Gasteiger partial charge is 0.306 e. The number of Topliss-reactive ketones (excluding diaryl/α,β-unsaturated/α-hetero) is 1. The number of thiocarbonyl (C=S) groups is 1. The van der Waals surface area contributed by atoms with E-state index in [1.54, 1.807) is 0 Å². The van der Waals surface area contributed by atoms with Crippen molar-refractivity contribution in [3.05, 3.63) is 97.4 Å². The number of carbonyl (C=O) groups excluding carboxylic acids is 4. The molecule has 4 unspecified atom stereocenters. The molecule has 558 valence electrons. The minimum absolute atomic E-state index is 0.0515. The van der Waals surface area contributed by atoms with Gasteiger partial charge in [0.1, 0.15) is 18.4 Å². The van der Waals surface area contributed by atoms with Crippen molar-refractivity contribution >= 4 is 41.4 Å². The molecule has 0 radical (unpaired) electrons. The van der Waals surface area contributed by atoms with Gasteiger partial charge in [-0.15, -0.1) is 6.58 Å². The summed E-state index contributed by atoms with van der Waals surface area (Å²) in [6, 6.07) is 0. The molecule has 4 atom stereocenters. The second kappa shape index (κ2) is 82.0. The van der Waals surface area contributed by atoms with Gasteiger partial charge in [0.15, 0.2) is 0 Å². The third-order valence-corrected chi connectivity index (χ3v) is 18.3. The molecule has 0 amide bonds. The van der Waals surface area contributed by atoms with E-state index < -0.39 is 0 Å². The average molecular weight is 1360 g/mol. The lowest BCUT2D eigenvalue weighted by Gasteiger charge is -2.18. The maximum atomic E-state index is 11.6. The molecule has 0 aromatic rings. The third kappa shape index (κ3) is 76.1. The van der Waals surface area contributed by atoms with Crippen molar-refractivity contribution < 1.29 is 28.7 Å². The minimum Gasteiger partial charge on any atom is -0.495 e. The third-order valence-electron chi connectivity index (χ3n) is 18.1. The van der Waals surface area contributed by atoms with Gasteiger partial charge in [0.2, 0.25) is 0 Å². The molecule has 0 saturated heterocycles. The number of methoxy groups -OCH3 is 1. The summed E-state index contributed by atoms with van der Waals surface area (Å²) < 4.78 is 10.6. The standard InChI is InChI=1S/C26H42O4.C25H40OS.C24H46O.2C4H8.C4H10.C2H6/c1-3-4-12-15-22(24(21-27)20-26(29)30-2)16-13-10-8-6-5-7-9-11-14-17-25(28)23-18-19-23;1-5-24(25(21-26)20-22(2)3)19-17-15-13-11-9-7-6-8-10-12-14-16-18-23(4)27;1-5-8-9-10-11-12-13-14-15-16-17-18-19-20-21-22-23(4)25-24(6-2)7-3;2*1-2-4-3-1;1-3-4-2;1-2/h8,10,13,16,21-24H,3-7,9,11-12,14-15,17-20H2,1-2H3;7,9,13,15,17,19,21,24-25H,2,5-6,8,10-12,14,16,18,20H2,1,3-4H3;15-16,24H,4-14,17-22H2,1-3H3;2*1-4H2;3-4H2,1-2H3;1-2H3/b10-8-,16-13+;9-7-,15-13-,19-17+;16-15+;;;;. The Morgan fingerprint density at radius 1 is 0.448 bits per heavy atom. The molecule has 3 rings (SSSR count). The van der Waals surface area contributed by atoms with Crippen LogP contribution in [0.3, 0.4) is 0 Å². The number of hydrogen-bond acceptors (Lipinski definition) is 7. The largest absolute Gasteiger partial charge is 0.495 e. The fourth-order valence-electron chi connectivity index (χ4n) is 10.5. The quantitative estimate of drug-likeness (QED) is 0.0114. The Morgan fingerprint density at radius 2 is 0.854 bits per heavy atom. The van der Waals surface area contributed by atoms with Gasteiger partial charge < -0.3 is 19.1 Å². The van der Waals surface area contributed by atoms with E-state index in [0.717, 1.165) is 138 Å². The zero-order valence-corrected chi connectivity index (χ0v) is 66.5. The molecule has 0 aromatic heterocycles. The van der Waals surface area contributed by atoms with Crippen LogP contribution >= 0.6 is 12.2 Å². The molecule has 0 N–H and O–H groups in total. The molecule has 0 spiro atoms. The molecule has 3 aliphatic carbocycles. The second-order valence-corrected chi connectivity index (χ2v) is 28.1. The van der Waals surface area contributed by atoms with Gasteiger partial charge in [-0.1, -0.05) is 333 Å². The highest BCUT2D eigenvalue weighted by Crippen LogP contribution is 2.32. The Hall–Kier alpha value is -3.71. The fraction of sp³-hybridized carbons (Fsp3) is 0.764. The first kappa shape index (κ1) is 98.7. The van der Waals surface area contributed by atoms with Crippen molar-refractivity contribution in [1.29, 1.82) is 0 Å². The highest BCUT2D eigenvalue weighted by atomic mass is 32.1. The van der Waals surface area contributed by atoms with Gasteiger partial charge in [-0.05, 0) is 159 Å². The van der Waals surface area contributed by atoms with Gasteiger partial charge in [0.25, 0.3) is 0 Å². The summed E-state index contributed by atoms with van der Waals surface area (Å²) in [4.78, 5) is 47.2. The molecule has 3 aliphatic rings. The topological polar surface area (TPSA) is 86.7 Å². The van der Waals surface area contributed by atoms with Crippen molar-refractivity contribution in [2.45, 2.75) is 403 Å². The number of carbonyl (C=O) groups is 4. The van der Waals surface area contributed by atoms with Gasteiger partial charge in [-0.3, -0.25) is 9.59 Å². The number of allylic oxidation sites excluding steroid dienone is 14. The molecule has 0 bridgehead atoms.